The molecule has 2 rings (SSSR count). The number of carbonyl (C=O) groups is 1. The molecule has 26 heavy (non-hydrogen) atoms. The number of benzene rings is 1. The van der Waals surface area contributed by atoms with Gasteiger partial charge in [-0.3, -0.25) is 9.79 Å². The molecule has 0 spiro atoms. The van der Waals surface area contributed by atoms with Gasteiger partial charge in [0.2, 0.25) is 0 Å². The Labute approximate surface area is 163 Å². The smallest absolute Gasteiger partial charge is 0.261 e. The summed E-state index contributed by atoms with van der Waals surface area (Å²) in [6.07, 6.45) is 2.92. The first-order valence-corrected chi connectivity index (χ1v) is 10.6. The average Bonchev–Trinajstić information content (AvgIpc) is 3.20. The summed E-state index contributed by atoms with van der Waals surface area (Å²) in [7, 11) is 3.81. The van der Waals surface area contributed by atoms with E-state index in [1.165, 1.54) is 21.8 Å². The number of nitrogens with zero attached hydrogens (tertiary/aromatic N) is 2. The number of carbonyl (C=O) groups excluding carboxylic acids is 1. The van der Waals surface area contributed by atoms with Crippen molar-refractivity contribution in [1.29, 1.82) is 0 Å². The van der Waals surface area contributed by atoms with Crippen LogP contribution in [0.25, 0.3) is 0 Å². The molecule has 0 aliphatic rings. The van der Waals surface area contributed by atoms with Gasteiger partial charge in [-0.05, 0) is 41.8 Å². The quantitative estimate of drug-likeness (QED) is 0.314. The van der Waals surface area contributed by atoms with Gasteiger partial charge in [-0.2, -0.15) is 0 Å². The van der Waals surface area contributed by atoms with Gasteiger partial charge in [0.05, 0.1) is 4.88 Å². The van der Waals surface area contributed by atoms with Crippen LogP contribution in [0.1, 0.15) is 21.7 Å². The molecule has 1 aromatic carbocycles. The van der Waals surface area contributed by atoms with Crippen LogP contribution in [0.5, 0.6) is 0 Å². The molecule has 2 aromatic rings. The molecule has 1 amide bonds. The topological polar surface area (TPSA) is 56.7 Å². The number of hydrogen-bond acceptors (Lipinski definition) is 4. The Balaban J connectivity index is 1.70. The van der Waals surface area contributed by atoms with E-state index in [9.17, 15) is 4.79 Å². The van der Waals surface area contributed by atoms with Crippen molar-refractivity contribution in [2.75, 3.05) is 33.4 Å². The summed E-state index contributed by atoms with van der Waals surface area (Å²) < 4.78 is 0. The summed E-state index contributed by atoms with van der Waals surface area (Å²) in [5.74, 6) is 0.846. The van der Waals surface area contributed by atoms with Crippen molar-refractivity contribution < 1.29 is 4.79 Å². The number of hydrogen-bond donors (Lipinski definition) is 2. The SMILES string of the molecule is CN=C(NCCCNC(=O)c1cccs1)N(C)Cc1ccc(SC)cc1. The highest BCUT2D eigenvalue weighted by atomic mass is 32.2. The zero-order valence-corrected chi connectivity index (χ0v) is 17.1. The van der Waals surface area contributed by atoms with E-state index in [-0.39, 0.29) is 5.91 Å². The van der Waals surface area contributed by atoms with Gasteiger partial charge in [0, 0.05) is 38.6 Å². The van der Waals surface area contributed by atoms with Crippen molar-refractivity contribution in [3.05, 3.63) is 52.2 Å². The van der Waals surface area contributed by atoms with Gasteiger partial charge in [-0.1, -0.05) is 18.2 Å². The van der Waals surface area contributed by atoms with Gasteiger partial charge in [0.25, 0.3) is 5.91 Å². The van der Waals surface area contributed by atoms with Crippen molar-refractivity contribution >= 4 is 35.0 Å². The van der Waals surface area contributed by atoms with Crippen LogP contribution >= 0.6 is 23.1 Å². The fourth-order valence-electron chi connectivity index (χ4n) is 2.45. The molecule has 5 nitrogen and oxygen atoms in total. The number of rotatable bonds is 8. The predicted molar refractivity (Wildman–Crippen MR) is 112 cm³/mol. The van der Waals surface area contributed by atoms with Crippen LogP contribution in [0.2, 0.25) is 0 Å². The van der Waals surface area contributed by atoms with E-state index in [2.05, 4.69) is 51.0 Å². The Morgan fingerprint density at radius 3 is 2.54 bits per heavy atom. The Bertz CT molecular complexity index is 699. The molecular formula is C19H26N4OS2. The monoisotopic (exact) mass is 390 g/mol. The van der Waals surface area contributed by atoms with Crippen LogP contribution in [0, 0.1) is 0 Å². The lowest BCUT2D eigenvalue weighted by molar-refractivity contribution is 0.0957. The molecule has 2 N–H and O–H groups in total. The minimum Gasteiger partial charge on any atom is -0.356 e. The molecule has 0 aliphatic heterocycles. The number of aliphatic imine (C=N–C) groups is 1. The largest absolute Gasteiger partial charge is 0.356 e. The lowest BCUT2D eigenvalue weighted by Gasteiger charge is -2.22. The molecule has 0 saturated carbocycles. The van der Waals surface area contributed by atoms with E-state index in [0.29, 0.717) is 6.54 Å². The van der Waals surface area contributed by atoms with Crippen LogP contribution in [0.3, 0.4) is 0 Å². The second-order valence-electron chi connectivity index (χ2n) is 5.76. The molecule has 1 heterocycles. The maximum absolute atomic E-state index is 11.9. The van der Waals surface area contributed by atoms with E-state index in [4.69, 9.17) is 0 Å². The lowest BCUT2D eigenvalue weighted by Crippen LogP contribution is -2.39. The zero-order chi connectivity index (χ0) is 18.8. The van der Waals surface area contributed by atoms with Crippen molar-refractivity contribution in [2.45, 2.75) is 17.9 Å². The minimum absolute atomic E-state index is 0.00445. The molecule has 0 saturated heterocycles. The standard InChI is InChI=1S/C19H26N4OS2/c1-20-19(23(2)14-15-7-9-16(25-3)10-8-15)22-12-5-11-21-18(24)17-6-4-13-26-17/h4,6-10,13H,5,11-12,14H2,1-3H3,(H,20,22)(H,21,24). The third kappa shape index (κ3) is 6.38. The third-order valence-corrected chi connectivity index (χ3v) is 5.43. The van der Waals surface area contributed by atoms with Crippen LogP contribution in [0.15, 0.2) is 51.7 Å². The van der Waals surface area contributed by atoms with Crippen molar-refractivity contribution in [3.63, 3.8) is 0 Å². The second kappa shape index (κ2) is 10.9. The predicted octanol–water partition coefficient (Wildman–Crippen LogP) is 3.30. The highest BCUT2D eigenvalue weighted by Gasteiger charge is 2.07. The average molecular weight is 391 g/mol. The van der Waals surface area contributed by atoms with Crippen LogP contribution in [-0.2, 0) is 6.54 Å². The molecule has 0 radical (unpaired) electrons. The number of thioether (sulfide) groups is 1. The maximum atomic E-state index is 11.9. The fraction of sp³-hybridized carbons (Fsp3) is 0.368. The first-order chi connectivity index (χ1) is 12.6. The summed E-state index contributed by atoms with van der Waals surface area (Å²) >= 11 is 3.20. The van der Waals surface area contributed by atoms with Crippen LogP contribution in [-0.4, -0.2) is 50.2 Å². The Morgan fingerprint density at radius 2 is 1.92 bits per heavy atom. The summed E-state index contributed by atoms with van der Waals surface area (Å²) in [6.45, 7) is 2.19. The highest BCUT2D eigenvalue weighted by Crippen LogP contribution is 2.15. The van der Waals surface area contributed by atoms with Crippen molar-refractivity contribution in [3.8, 4) is 0 Å². The summed E-state index contributed by atoms with van der Waals surface area (Å²) in [5, 5.41) is 8.18. The Morgan fingerprint density at radius 1 is 1.19 bits per heavy atom. The van der Waals surface area contributed by atoms with Crippen molar-refractivity contribution in [2.24, 2.45) is 4.99 Å². The molecule has 0 fully saturated rings. The van der Waals surface area contributed by atoms with Gasteiger partial charge in [-0.25, -0.2) is 0 Å². The minimum atomic E-state index is -0.00445. The molecule has 7 heteroatoms. The normalized spacial score (nSPS) is 11.3. The summed E-state index contributed by atoms with van der Waals surface area (Å²) in [4.78, 5) is 20.3. The molecule has 0 aliphatic carbocycles. The van der Waals surface area contributed by atoms with E-state index < -0.39 is 0 Å². The number of amides is 1. The molecule has 0 unspecified atom stereocenters. The van der Waals surface area contributed by atoms with Crippen LogP contribution in [0.4, 0.5) is 0 Å². The number of guanidine groups is 1. The molecule has 0 atom stereocenters. The van der Waals surface area contributed by atoms with Gasteiger partial charge < -0.3 is 15.5 Å². The maximum Gasteiger partial charge on any atom is 0.261 e. The summed E-state index contributed by atoms with van der Waals surface area (Å²) in [5.41, 5.74) is 1.25. The molecular weight excluding hydrogens is 364 g/mol. The van der Waals surface area contributed by atoms with Gasteiger partial charge in [-0.15, -0.1) is 23.1 Å². The van der Waals surface area contributed by atoms with E-state index in [0.717, 1.165) is 30.3 Å². The number of nitrogens with one attached hydrogen (secondary N) is 2. The van der Waals surface area contributed by atoms with Crippen LogP contribution < -0.4 is 10.6 Å². The lowest BCUT2D eigenvalue weighted by atomic mass is 10.2. The fourth-order valence-corrected chi connectivity index (χ4v) is 3.50. The highest BCUT2D eigenvalue weighted by molar-refractivity contribution is 7.98. The molecule has 0 bridgehead atoms. The number of thiophene rings is 1. The Hall–Kier alpha value is -1.99. The van der Waals surface area contributed by atoms with Gasteiger partial charge >= 0.3 is 0 Å². The first kappa shape index (κ1) is 20.3. The van der Waals surface area contributed by atoms with Gasteiger partial charge in [0.1, 0.15) is 0 Å². The second-order valence-corrected chi connectivity index (χ2v) is 7.59. The van der Waals surface area contributed by atoms with E-state index >= 15 is 0 Å². The zero-order valence-electron chi connectivity index (χ0n) is 15.5. The Kier molecular flexibility index (Phi) is 8.50. The third-order valence-electron chi connectivity index (χ3n) is 3.82. The van der Waals surface area contributed by atoms with Gasteiger partial charge in [0.15, 0.2) is 5.96 Å². The van der Waals surface area contributed by atoms with E-state index in [1.54, 1.807) is 18.8 Å². The summed E-state index contributed by atoms with van der Waals surface area (Å²) in [6, 6.07) is 12.3. The first-order valence-electron chi connectivity index (χ1n) is 8.50. The van der Waals surface area contributed by atoms with Crippen molar-refractivity contribution in [1.82, 2.24) is 15.5 Å². The molecule has 1 aromatic heterocycles. The van der Waals surface area contributed by atoms with E-state index in [1.807, 2.05) is 24.6 Å². The molecule has 140 valence electrons.